The number of pyridine rings is 1. The van der Waals surface area contributed by atoms with E-state index in [1.54, 1.807) is 6.92 Å². The van der Waals surface area contributed by atoms with Crippen LogP contribution in [0.2, 0.25) is 0 Å². The molecular weight excluding hydrogens is 389 g/mol. The number of aromatic nitrogens is 1. The lowest BCUT2D eigenvalue weighted by Gasteiger charge is -2.15. The molecule has 0 atom stereocenters. The highest BCUT2D eigenvalue weighted by molar-refractivity contribution is 7.92. The summed E-state index contributed by atoms with van der Waals surface area (Å²) in [4.78, 5) is 7.84. The molecule has 148 valence electrons. The lowest BCUT2D eigenvalue weighted by Crippen LogP contribution is -2.23. The second-order valence-electron chi connectivity index (χ2n) is 6.64. The molecule has 2 heterocycles. The number of ether oxygens (including phenoxy) is 2. The zero-order valence-corrected chi connectivity index (χ0v) is 15.8. The summed E-state index contributed by atoms with van der Waals surface area (Å²) < 4.78 is 52.3. The molecule has 0 radical (unpaired) electrons. The van der Waals surface area contributed by atoms with E-state index in [-0.39, 0.29) is 41.0 Å². The number of nitrogens with one attached hydrogen (secondary N) is 1. The van der Waals surface area contributed by atoms with Crippen LogP contribution in [0, 0.1) is 5.82 Å². The molecule has 1 fully saturated rings. The second kappa shape index (κ2) is 6.62. The Labute approximate surface area is 161 Å². The van der Waals surface area contributed by atoms with E-state index in [0.29, 0.717) is 0 Å². The Hall–Kier alpha value is -2.88. The minimum atomic E-state index is -4.19. The fourth-order valence-electron chi connectivity index (χ4n) is 2.86. The van der Waals surface area contributed by atoms with E-state index in [2.05, 4.69) is 14.7 Å². The quantitative estimate of drug-likeness (QED) is 0.804. The van der Waals surface area contributed by atoms with Crippen molar-refractivity contribution in [3.63, 3.8) is 0 Å². The fourth-order valence-corrected chi connectivity index (χ4v) is 4.06. The van der Waals surface area contributed by atoms with E-state index >= 15 is 0 Å². The third-order valence-electron chi connectivity index (χ3n) is 4.47. The van der Waals surface area contributed by atoms with Crippen molar-refractivity contribution in [2.75, 3.05) is 17.9 Å². The van der Waals surface area contributed by atoms with Gasteiger partial charge in [-0.25, -0.2) is 17.8 Å². The third-order valence-corrected chi connectivity index (χ3v) is 5.87. The van der Waals surface area contributed by atoms with E-state index in [4.69, 9.17) is 9.47 Å². The number of hydrogen-bond donors (Lipinski definition) is 1. The Morgan fingerprint density at radius 2 is 2.14 bits per heavy atom. The van der Waals surface area contributed by atoms with E-state index in [1.165, 1.54) is 18.3 Å². The standard InChI is InChI=1S/C18H18FN3O5S/c1-2-26-14-4-3-11(19)7-15(14)28(24,25)22-12-8-13-16(23)21-18(5-6-18)10-27-17(13)20-9-12/h3-4,7-9,22H,2,5-6,10H2,1H3,(H,21,23)/p-1. The minimum absolute atomic E-state index is 0.0178. The lowest BCUT2D eigenvalue weighted by atomic mass is 10.2. The first kappa shape index (κ1) is 18.5. The average Bonchev–Trinajstić information content (AvgIpc) is 3.43. The van der Waals surface area contributed by atoms with Crippen LogP contribution in [0.5, 0.6) is 11.6 Å². The molecule has 4 rings (SSSR count). The van der Waals surface area contributed by atoms with Gasteiger partial charge in [-0.1, -0.05) is 0 Å². The summed E-state index contributed by atoms with van der Waals surface area (Å²) in [5, 5.41) is 12.4. The second-order valence-corrected chi connectivity index (χ2v) is 8.29. The molecule has 0 amide bonds. The van der Waals surface area contributed by atoms with Crippen molar-refractivity contribution < 1.29 is 27.4 Å². The normalized spacial score (nSPS) is 17.1. The molecule has 1 aromatic carbocycles. The van der Waals surface area contributed by atoms with E-state index < -0.39 is 27.3 Å². The maximum absolute atomic E-state index is 13.6. The molecule has 1 saturated carbocycles. The van der Waals surface area contributed by atoms with Gasteiger partial charge < -0.3 is 14.6 Å². The summed E-state index contributed by atoms with van der Waals surface area (Å²) in [6.45, 7) is 2.17. The predicted molar refractivity (Wildman–Crippen MR) is 96.6 cm³/mol. The first-order valence-corrected chi connectivity index (χ1v) is 10.2. The summed E-state index contributed by atoms with van der Waals surface area (Å²) >= 11 is 0. The lowest BCUT2D eigenvalue weighted by molar-refractivity contribution is -0.213. The molecule has 1 spiro atoms. The number of hydrogen-bond acceptors (Lipinski definition) is 7. The molecule has 1 N–H and O–H groups in total. The Bertz CT molecular complexity index is 1070. The van der Waals surface area contributed by atoms with Crippen molar-refractivity contribution >= 4 is 21.6 Å². The van der Waals surface area contributed by atoms with Crippen LogP contribution in [0.25, 0.3) is 0 Å². The van der Waals surface area contributed by atoms with Crippen molar-refractivity contribution in [2.45, 2.75) is 30.2 Å². The highest BCUT2D eigenvalue weighted by atomic mass is 32.2. The van der Waals surface area contributed by atoms with E-state index in [1.807, 2.05) is 0 Å². The monoisotopic (exact) mass is 406 g/mol. The molecular formula is C18H17FN3O5S-. The molecule has 1 aliphatic heterocycles. The van der Waals surface area contributed by atoms with Crippen LogP contribution in [0.1, 0.15) is 25.3 Å². The summed E-state index contributed by atoms with van der Waals surface area (Å²) in [7, 11) is -4.19. The van der Waals surface area contributed by atoms with Crippen LogP contribution in [0.4, 0.5) is 10.1 Å². The molecule has 0 unspecified atom stereocenters. The minimum Gasteiger partial charge on any atom is -0.858 e. The number of aliphatic imine (C=N–C) groups is 1. The summed E-state index contributed by atoms with van der Waals surface area (Å²) in [5.74, 6) is -1.09. The van der Waals surface area contributed by atoms with Gasteiger partial charge in [0.25, 0.3) is 10.0 Å². The van der Waals surface area contributed by atoms with Gasteiger partial charge in [0.15, 0.2) is 0 Å². The van der Waals surface area contributed by atoms with Crippen LogP contribution in [-0.2, 0) is 10.0 Å². The highest BCUT2D eigenvalue weighted by Gasteiger charge is 2.44. The predicted octanol–water partition coefficient (Wildman–Crippen LogP) is 1.45. The van der Waals surface area contributed by atoms with Crippen molar-refractivity contribution in [3.05, 3.63) is 41.8 Å². The smallest absolute Gasteiger partial charge is 0.265 e. The molecule has 2 aromatic rings. The first-order valence-electron chi connectivity index (χ1n) is 8.67. The molecule has 1 aliphatic carbocycles. The van der Waals surface area contributed by atoms with Gasteiger partial charge in [0.1, 0.15) is 23.1 Å². The number of nitrogens with zero attached hydrogens (tertiary/aromatic N) is 2. The zero-order chi connectivity index (χ0) is 19.9. The Morgan fingerprint density at radius 1 is 1.36 bits per heavy atom. The van der Waals surface area contributed by atoms with Crippen molar-refractivity contribution in [3.8, 4) is 11.6 Å². The molecule has 8 nitrogen and oxygen atoms in total. The highest BCUT2D eigenvalue weighted by Crippen LogP contribution is 2.42. The molecule has 0 bridgehead atoms. The summed E-state index contributed by atoms with van der Waals surface area (Å²) in [6, 6.07) is 4.53. The Kier molecular flexibility index (Phi) is 4.37. The molecule has 10 heteroatoms. The molecule has 2 aliphatic rings. The molecule has 0 saturated heterocycles. The summed E-state index contributed by atoms with van der Waals surface area (Å²) in [6.07, 6.45) is 2.77. The number of sulfonamides is 1. The molecule has 1 aromatic heterocycles. The maximum atomic E-state index is 13.6. The largest absolute Gasteiger partial charge is 0.858 e. The fraction of sp³-hybridized carbons (Fsp3) is 0.333. The Morgan fingerprint density at radius 3 is 2.86 bits per heavy atom. The van der Waals surface area contributed by atoms with Gasteiger partial charge in [0, 0.05) is 5.56 Å². The van der Waals surface area contributed by atoms with Crippen LogP contribution in [-0.4, -0.2) is 38.1 Å². The van der Waals surface area contributed by atoms with E-state index in [0.717, 1.165) is 25.0 Å². The van der Waals surface area contributed by atoms with Crippen molar-refractivity contribution in [1.82, 2.24) is 4.98 Å². The zero-order valence-electron chi connectivity index (χ0n) is 14.9. The number of benzene rings is 1. The van der Waals surface area contributed by atoms with Gasteiger partial charge in [0.2, 0.25) is 5.88 Å². The average molecular weight is 406 g/mol. The third kappa shape index (κ3) is 3.47. The Balaban J connectivity index is 1.68. The van der Waals surface area contributed by atoms with Gasteiger partial charge in [-0.15, -0.1) is 0 Å². The number of fused-ring (bicyclic) bond motifs is 1. The van der Waals surface area contributed by atoms with Crippen LogP contribution in [0.15, 0.2) is 40.4 Å². The van der Waals surface area contributed by atoms with Crippen LogP contribution >= 0.6 is 0 Å². The SMILES string of the molecule is CCOc1ccc(F)cc1S(=O)(=O)Nc1cnc2c(c1)C([O-])=NC1(CC1)CO2. The van der Waals surface area contributed by atoms with E-state index in [9.17, 15) is 17.9 Å². The topological polar surface area (TPSA) is 113 Å². The van der Waals surface area contributed by atoms with Crippen molar-refractivity contribution in [2.24, 2.45) is 4.99 Å². The van der Waals surface area contributed by atoms with Crippen LogP contribution < -0.4 is 19.3 Å². The van der Waals surface area contributed by atoms with Crippen molar-refractivity contribution in [1.29, 1.82) is 0 Å². The van der Waals surface area contributed by atoms with Gasteiger partial charge >= 0.3 is 0 Å². The number of rotatable bonds is 5. The number of halogens is 1. The first-order chi connectivity index (χ1) is 13.3. The number of anilines is 1. The van der Waals surface area contributed by atoms with Gasteiger partial charge in [-0.2, -0.15) is 0 Å². The van der Waals surface area contributed by atoms with Gasteiger partial charge in [0.05, 0.1) is 24.0 Å². The maximum Gasteiger partial charge on any atom is 0.265 e. The van der Waals surface area contributed by atoms with Crippen LogP contribution in [0.3, 0.4) is 0 Å². The van der Waals surface area contributed by atoms with Gasteiger partial charge in [-0.05, 0) is 49.9 Å². The summed E-state index contributed by atoms with van der Waals surface area (Å²) in [5.41, 5.74) is -0.372. The molecule has 28 heavy (non-hydrogen) atoms. The van der Waals surface area contributed by atoms with Gasteiger partial charge in [-0.3, -0.25) is 9.71 Å².